The van der Waals surface area contributed by atoms with E-state index in [1.54, 1.807) is 0 Å². The van der Waals surface area contributed by atoms with Gasteiger partial charge in [-0.2, -0.15) is 0 Å². The minimum absolute atomic E-state index is 0.0433. The van der Waals surface area contributed by atoms with Crippen LogP contribution in [0.2, 0.25) is 0 Å². The summed E-state index contributed by atoms with van der Waals surface area (Å²) >= 11 is 0. The Balaban J connectivity index is 2.65. The highest BCUT2D eigenvalue weighted by Gasteiger charge is 2.48. The summed E-state index contributed by atoms with van der Waals surface area (Å²) in [4.78, 5) is 22.2. The Labute approximate surface area is 82.7 Å². The van der Waals surface area contributed by atoms with E-state index in [1.165, 1.54) is 6.92 Å². The lowest BCUT2D eigenvalue weighted by Crippen LogP contribution is -2.53. The molecule has 2 N–H and O–H groups in total. The number of carboxylic acid groups (broad SMARTS) is 1. The van der Waals surface area contributed by atoms with Gasteiger partial charge in [0, 0.05) is 0 Å². The van der Waals surface area contributed by atoms with Crippen molar-refractivity contribution in [2.24, 2.45) is 5.92 Å². The molecule has 1 aliphatic rings. The maximum atomic E-state index is 11.2. The van der Waals surface area contributed by atoms with Crippen molar-refractivity contribution >= 4 is 11.9 Å². The van der Waals surface area contributed by atoms with Crippen molar-refractivity contribution in [1.82, 2.24) is 5.32 Å². The fourth-order valence-electron chi connectivity index (χ4n) is 1.42. The molecule has 1 rings (SSSR count). The number of hydrogen-bond acceptors (Lipinski definition) is 2. The van der Waals surface area contributed by atoms with E-state index in [0.717, 1.165) is 12.8 Å². The SMILES string of the molecule is C#CCC(=O)NC(C)(C(=O)O)C1CC1. The standard InChI is InChI=1S/C10H13NO3/c1-3-4-8(12)11-10(2,9(13)14)7-5-6-7/h1,7H,4-6H2,2H3,(H,11,12)(H,13,14). The largest absolute Gasteiger partial charge is 0.480 e. The summed E-state index contributed by atoms with van der Waals surface area (Å²) in [5, 5.41) is 11.5. The molecule has 0 radical (unpaired) electrons. The molecule has 0 aromatic rings. The summed E-state index contributed by atoms with van der Waals surface area (Å²) in [5.74, 6) is 0.833. The van der Waals surface area contributed by atoms with Gasteiger partial charge in [0.1, 0.15) is 5.54 Å². The van der Waals surface area contributed by atoms with E-state index >= 15 is 0 Å². The molecule has 1 fully saturated rings. The second kappa shape index (κ2) is 3.70. The second-order valence-corrected chi connectivity index (χ2v) is 3.71. The minimum atomic E-state index is -1.14. The number of carbonyl (C=O) groups excluding carboxylic acids is 1. The van der Waals surface area contributed by atoms with Crippen molar-refractivity contribution in [3.63, 3.8) is 0 Å². The van der Waals surface area contributed by atoms with Crippen LogP contribution in [-0.4, -0.2) is 22.5 Å². The van der Waals surface area contributed by atoms with Gasteiger partial charge < -0.3 is 10.4 Å². The molecule has 0 heterocycles. The molecule has 4 heteroatoms. The van der Waals surface area contributed by atoms with Crippen LogP contribution in [0.4, 0.5) is 0 Å². The van der Waals surface area contributed by atoms with Gasteiger partial charge in [-0.15, -0.1) is 6.42 Å². The maximum Gasteiger partial charge on any atom is 0.329 e. The molecule has 1 saturated carbocycles. The molecular formula is C10H13NO3. The fourth-order valence-corrected chi connectivity index (χ4v) is 1.42. The average Bonchev–Trinajstić information content (AvgIpc) is 2.85. The highest BCUT2D eigenvalue weighted by molar-refractivity contribution is 5.88. The van der Waals surface area contributed by atoms with Crippen LogP contribution < -0.4 is 5.32 Å². The van der Waals surface area contributed by atoms with Crippen LogP contribution in [0.1, 0.15) is 26.2 Å². The number of amides is 1. The van der Waals surface area contributed by atoms with E-state index in [0.29, 0.717) is 0 Å². The summed E-state index contributed by atoms with van der Waals surface area (Å²) in [5.41, 5.74) is -1.14. The number of carbonyl (C=O) groups is 2. The number of carboxylic acids is 1. The first kappa shape index (κ1) is 10.6. The van der Waals surface area contributed by atoms with Gasteiger partial charge in [0.15, 0.2) is 0 Å². The van der Waals surface area contributed by atoms with Gasteiger partial charge in [-0.25, -0.2) is 4.79 Å². The number of rotatable bonds is 4. The van der Waals surface area contributed by atoms with Crippen molar-refractivity contribution < 1.29 is 14.7 Å². The van der Waals surface area contributed by atoms with Crippen LogP contribution >= 0.6 is 0 Å². The van der Waals surface area contributed by atoms with Gasteiger partial charge in [0.2, 0.25) is 5.91 Å². The zero-order valence-corrected chi connectivity index (χ0v) is 8.04. The lowest BCUT2D eigenvalue weighted by molar-refractivity contribution is -0.147. The summed E-state index contributed by atoms with van der Waals surface area (Å²) < 4.78 is 0. The summed E-state index contributed by atoms with van der Waals surface area (Å²) in [6.45, 7) is 1.53. The Morgan fingerprint density at radius 1 is 1.64 bits per heavy atom. The minimum Gasteiger partial charge on any atom is -0.480 e. The summed E-state index contributed by atoms with van der Waals surface area (Å²) in [6.07, 6.45) is 6.58. The first-order valence-corrected chi connectivity index (χ1v) is 4.48. The van der Waals surface area contributed by atoms with Crippen molar-refractivity contribution in [2.75, 3.05) is 0 Å². The predicted molar refractivity (Wildman–Crippen MR) is 50.4 cm³/mol. The van der Waals surface area contributed by atoms with Crippen LogP contribution in [0.25, 0.3) is 0 Å². The molecule has 0 saturated heterocycles. The topological polar surface area (TPSA) is 66.4 Å². The number of terminal acetylenes is 1. The van der Waals surface area contributed by atoms with E-state index < -0.39 is 17.4 Å². The van der Waals surface area contributed by atoms with Crippen molar-refractivity contribution in [1.29, 1.82) is 0 Å². The van der Waals surface area contributed by atoms with Crippen LogP contribution in [0.3, 0.4) is 0 Å². The third-order valence-corrected chi connectivity index (χ3v) is 2.50. The zero-order valence-electron chi connectivity index (χ0n) is 8.04. The van der Waals surface area contributed by atoms with E-state index in [2.05, 4.69) is 11.2 Å². The van der Waals surface area contributed by atoms with Crippen LogP contribution in [0.5, 0.6) is 0 Å². The molecule has 4 nitrogen and oxygen atoms in total. The molecule has 1 atom stereocenters. The number of aliphatic carboxylic acids is 1. The Hall–Kier alpha value is -1.50. The monoisotopic (exact) mass is 195 g/mol. The lowest BCUT2D eigenvalue weighted by Gasteiger charge is -2.25. The quantitative estimate of drug-likeness (QED) is 0.637. The fraction of sp³-hybridized carbons (Fsp3) is 0.600. The van der Waals surface area contributed by atoms with Crippen LogP contribution in [-0.2, 0) is 9.59 Å². The Morgan fingerprint density at radius 3 is 2.57 bits per heavy atom. The second-order valence-electron chi connectivity index (χ2n) is 3.71. The molecule has 0 aromatic carbocycles. The normalized spacial score (nSPS) is 19.1. The van der Waals surface area contributed by atoms with E-state index in [1.807, 2.05) is 0 Å². The van der Waals surface area contributed by atoms with E-state index in [-0.39, 0.29) is 12.3 Å². The van der Waals surface area contributed by atoms with Crippen LogP contribution in [0, 0.1) is 18.3 Å². The molecule has 0 spiro atoms. The Morgan fingerprint density at radius 2 is 2.21 bits per heavy atom. The van der Waals surface area contributed by atoms with Gasteiger partial charge in [0.05, 0.1) is 6.42 Å². The number of nitrogens with one attached hydrogen (secondary N) is 1. The third kappa shape index (κ3) is 2.05. The van der Waals surface area contributed by atoms with Gasteiger partial charge in [0.25, 0.3) is 0 Å². The predicted octanol–water partition coefficient (Wildman–Crippen LogP) is 0.379. The zero-order chi connectivity index (χ0) is 10.8. The van der Waals surface area contributed by atoms with Gasteiger partial charge in [-0.1, -0.05) is 5.92 Å². The van der Waals surface area contributed by atoms with Gasteiger partial charge in [-0.05, 0) is 25.7 Å². The first-order chi connectivity index (χ1) is 6.50. The van der Waals surface area contributed by atoms with Gasteiger partial charge in [-0.3, -0.25) is 4.79 Å². The number of hydrogen-bond donors (Lipinski definition) is 2. The molecule has 14 heavy (non-hydrogen) atoms. The smallest absolute Gasteiger partial charge is 0.329 e. The van der Waals surface area contributed by atoms with E-state index in [9.17, 15) is 9.59 Å². The molecule has 0 bridgehead atoms. The maximum absolute atomic E-state index is 11.2. The van der Waals surface area contributed by atoms with Crippen molar-refractivity contribution in [3.05, 3.63) is 0 Å². The molecule has 0 aromatic heterocycles. The molecule has 0 aliphatic heterocycles. The molecule has 1 amide bonds. The summed E-state index contributed by atoms with van der Waals surface area (Å²) in [6, 6.07) is 0. The highest BCUT2D eigenvalue weighted by Crippen LogP contribution is 2.39. The Kier molecular flexibility index (Phi) is 2.80. The average molecular weight is 195 g/mol. The first-order valence-electron chi connectivity index (χ1n) is 4.48. The summed E-state index contributed by atoms with van der Waals surface area (Å²) in [7, 11) is 0. The molecular weight excluding hydrogens is 182 g/mol. The van der Waals surface area contributed by atoms with Crippen LogP contribution in [0.15, 0.2) is 0 Å². The molecule has 76 valence electrons. The third-order valence-electron chi connectivity index (χ3n) is 2.50. The van der Waals surface area contributed by atoms with Crippen molar-refractivity contribution in [3.8, 4) is 12.3 Å². The Bertz CT molecular complexity index is 301. The highest BCUT2D eigenvalue weighted by atomic mass is 16.4. The molecule has 1 aliphatic carbocycles. The van der Waals surface area contributed by atoms with Crippen molar-refractivity contribution in [2.45, 2.75) is 31.7 Å². The lowest BCUT2D eigenvalue weighted by atomic mass is 9.96. The van der Waals surface area contributed by atoms with E-state index in [4.69, 9.17) is 11.5 Å². The van der Waals surface area contributed by atoms with Gasteiger partial charge >= 0.3 is 5.97 Å². The molecule has 1 unspecified atom stereocenters.